The number of nitrogens with two attached hydrogens (primary N) is 1. The number of piperidine rings is 1. The van der Waals surface area contributed by atoms with Gasteiger partial charge in [-0.15, -0.1) is 24.0 Å². The molecule has 0 saturated carbocycles. The lowest BCUT2D eigenvalue weighted by atomic mass is 9.95. The van der Waals surface area contributed by atoms with Crippen molar-refractivity contribution in [2.75, 3.05) is 32.0 Å². The highest BCUT2D eigenvalue weighted by Crippen LogP contribution is 2.21. The van der Waals surface area contributed by atoms with Gasteiger partial charge in [0.15, 0.2) is 5.96 Å². The van der Waals surface area contributed by atoms with E-state index in [1.807, 2.05) is 25.1 Å². The molecular formula is C19H29BrIN5O2. The zero-order valence-electron chi connectivity index (χ0n) is 16.3. The van der Waals surface area contributed by atoms with E-state index in [4.69, 9.17) is 5.73 Å². The van der Waals surface area contributed by atoms with Crippen LogP contribution in [0.25, 0.3) is 0 Å². The summed E-state index contributed by atoms with van der Waals surface area (Å²) in [4.78, 5) is 29.8. The van der Waals surface area contributed by atoms with Crippen molar-refractivity contribution in [3.05, 3.63) is 28.2 Å². The lowest BCUT2D eigenvalue weighted by Crippen LogP contribution is -2.47. The third-order valence-corrected chi connectivity index (χ3v) is 5.12. The van der Waals surface area contributed by atoms with Crippen molar-refractivity contribution in [1.82, 2.24) is 10.2 Å². The number of carbonyl (C=O) groups is 2. The van der Waals surface area contributed by atoms with Gasteiger partial charge >= 0.3 is 0 Å². The summed E-state index contributed by atoms with van der Waals surface area (Å²) in [5.41, 5.74) is 7.15. The van der Waals surface area contributed by atoms with E-state index in [9.17, 15) is 9.59 Å². The van der Waals surface area contributed by atoms with Gasteiger partial charge in [-0.25, -0.2) is 0 Å². The van der Waals surface area contributed by atoms with Gasteiger partial charge in [0.05, 0.1) is 0 Å². The van der Waals surface area contributed by atoms with Crippen LogP contribution in [-0.4, -0.2) is 49.4 Å². The number of benzene rings is 1. The van der Waals surface area contributed by atoms with Crippen molar-refractivity contribution < 1.29 is 9.59 Å². The number of nitrogens with one attached hydrogen (secondary N) is 2. The molecule has 1 atom stereocenters. The SMILES string of the molecule is CN=C(NCCC(=O)Nc1cc(Br)ccc1C)N1CCCC(CC(N)=O)C1.I. The van der Waals surface area contributed by atoms with Crippen LogP contribution in [0.1, 0.15) is 31.2 Å². The number of amides is 2. The van der Waals surface area contributed by atoms with Gasteiger partial charge in [0.2, 0.25) is 11.8 Å². The molecule has 0 aromatic heterocycles. The second-order valence-electron chi connectivity index (χ2n) is 6.86. The second kappa shape index (κ2) is 12.3. The standard InChI is InChI=1S/C19H28BrN5O2.HI/c1-13-5-6-15(20)11-16(13)24-18(27)7-8-23-19(22-2)25-9-3-4-14(12-25)10-17(21)26;/h5-6,11,14H,3-4,7-10,12H2,1-2H3,(H2,21,26)(H,22,23)(H,24,27);1H. The molecule has 1 aliphatic heterocycles. The molecule has 28 heavy (non-hydrogen) atoms. The van der Waals surface area contributed by atoms with Crippen LogP contribution in [-0.2, 0) is 9.59 Å². The fourth-order valence-corrected chi connectivity index (χ4v) is 3.63. The predicted molar refractivity (Wildman–Crippen MR) is 127 cm³/mol. The summed E-state index contributed by atoms with van der Waals surface area (Å²) in [7, 11) is 1.73. The molecule has 1 aromatic rings. The highest BCUT2D eigenvalue weighted by Gasteiger charge is 2.23. The van der Waals surface area contributed by atoms with Crippen LogP contribution in [0.15, 0.2) is 27.7 Å². The monoisotopic (exact) mass is 565 g/mol. The Hall–Kier alpha value is -1.36. The van der Waals surface area contributed by atoms with Crippen molar-refractivity contribution in [2.24, 2.45) is 16.6 Å². The van der Waals surface area contributed by atoms with Crippen LogP contribution in [0.5, 0.6) is 0 Å². The number of halogens is 2. The number of aliphatic imine (C=N–C) groups is 1. The molecule has 2 rings (SSSR count). The van der Waals surface area contributed by atoms with Gasteiger partial charge < -0.3 is 21.3 Å². The Morgan fingerprint density at radius 3 is 2.82 bits per heavy atom. The molecule has 1 heterocycles. The van der Waals surface area contributed by atoms with E-state index in [2.05, 4.69) is 36.5 Å². The number of rotatable bonds is 6. The lowest BCUT2D eigenvalue weighted by molar-refractivity contribution is -0.119. The molecule has 9 heteroatoms. The first-order valence-corrected chi connectivity index (χ1v) is 9.98. The Bertz CT molecular complexity index is 714. The summed E-state index contributed by atoms with van der Waals surface area (Å²) in [6.07, 6.45) is 2.75. The molecule has 1 fully saturated rings. The third-order valence-electron chi connectivity index (χ3n) is 4.63. The first-order valence-electron chi connectivity index (χ1n) is 9.19. The van der Waals surface area contributed by atoms with Gasteiger partial charge in [-0.1, -0.05) is 22.0 Å². The van der Waals surface area contributed by atoms with Crippen LogP contribution in [0, 0.1) is 12.8 Å². The van der Waals surface area contributed by atoms with Crippen LogP contribution < -0.4 is 16.4 Å². The highest BCUT2D eigenvalue weighted by molar-refractivity contribution is 14.0. The third kappa shape index (κ3) is 7.94. The molecule has 156 valence electrons. The van der Waals surface area contributed by atoms with E-state index in [-0.39, 0.29) is 41.7 Å². The number of aryl methyl sites for hydroxylation is 1. The smallest absolute Gasteiger partial charge is 0.226 e. The molecule has 4 N–H and O–H groups in total. The number of guanidine groups is 1. The van der Waals surface area contributed by atoms with Gasteiger partial charge in [-0.2, -0.15) is 0 Å². The van der Waals surface area contributed by atoms with Crippen molar-refractivity contribution in [3.63, 3.8) is 0 Å². The maximum atomic E-state index is 12.2. The summed E-state index contributed by atoms with van der Waals surface area (Å²) in [6.45, 7) is 4.09. The first-order chi connectivity index (χ1) is 12.9. The fraction of sp³-hybridized carbons (Fsp3) is 0.526. The molecule has 1 saturated heterocycles. The molecule has 0 aliphatic carbocycles. The van der Waals surface area contributed by atoms with E-state index in [0.717, 1.165) is 47.6 Å². The lowest BCUT2D eigenvalue weighted by Gasteiger charge is -2.34. The average molecular weight is 566 g/mol. The van der Waals surface area contributed by atoms with E-state index in [1.54, 1.807) is 7.05 Å². The average Bonchev–Trinajstić information content (AvgIpc) is 2.61. The first kappa shape index (κ1) is 24.7. The number of likely N-dealkylation sites (tertiary alicyclic amines) is 1. The van der Waals surface area contributed by atoms with E-state index in [1.165, 1.54) is 0 Å². The molecule has 1 aliphatic rings. The minimum Gasteiger partial charge on any atom is -0.370 e. The Labute approximate surface area is 192 Å². The maximum Gasteiger partial charge on any atom is 0.226 e. The summed E-state index contributed by atoms with van der Waals surface area (Å²) in [6, 6.07) is 5.80. The Morgan fingerprint density at radius 1 is 1.39 bits per heavy atom. The summed E-state index contributed by atoms with van der Waals surface area (Å²) in [5, 5.41) is 6.18. The number of nitrogens with zero attached hydrogens (tertiary/aromatic N) is 2. The van der Waals surface area contributed by atoms with Gasteiger partial charge in [-0.3, -0.25) is 14.6 Å². The summed E-state index contributed by atoms with van der Waals surface area (Å²) >= 11 is 3.42. The normalized spacial score (nSPS) is 16.9. The molecule has 1 unspecified atom stereocenters. The number of primary amides is 1. The number of carbonyl (C=O) groups excluding carboxylic acids is 2. The summed E-state index contributed by atoms with van der Waals surface area (Å²) in [5.74, 6) is 0.710. The minimum absolute atomic E-state index is 0. The minimum atomic E-state index is -0.260. The largest absolute Gasteiger partial charge is 0.370 e. The van der Waals surface area contributed by atoms with Gasteiger partial charge in [-0.05, 0) is 43.4 Å². The van der Waals surface area contributed by atoms with Crippen molar-refractivity contribution >= 4 is 63.4 Å². The van der Waals surface area contributed by atoms with Gasteiger partial charge in [0, 0.05) is 49.7 Å². The molecule has 7 nitrogen and oxygen atoms in total. The van der Waals surface area contributed by atoms with Gasteiger partial charge in [0.1, 0.15) is 0 Å². The van der Waals surface area contributed by atoms with Crippen molar-refractivity contribution in [1.29, 1.82) is 0 Å². The molecule has 0 radical (unpaired) electrons. The predicted octanol–water partition coefficient (Wildman–Crippen LogP) is 2.87. The molecule has 1 aromatic carbocycles. The van der Waals surface area contributed by atoms with E-state index < -0.39 is 0 Å². The molecular weight excluding hydrogens is 537 g/mol. The van der Waals surface area contributed by atoms with Crippen LogP contribution in [0.2, 0.25) is 0 Å². The van der Waals surface area contributed by atoms with Crippen LogP contribution in [0.4, 0.5) is 5.69 Å². The quantitative estimate of drug-likeness (QED) is 0.280. The fourth-order valence-electron chi connectivity index (χ4n) is 3.27. The number of hydrogen-bond donors (Lipinski definition) is 3. The number of hydrogen-bond acceptors (Lipinski definition) is 3. The van der Waals surface area contributed by atoms with E-state index in [0.29, 0.717) is 19.4 Å². The van der Waals surface area contributed by atoms with Crippen molar-refractivity contribution in [2.45, 2.75) is 32.6 Å². The Balaban J connectivity index is 0.00000392. The Morgan fingerprint density at radius 2 is 2.14 bits per heavy atom. The molecule has 0 spiro atoms. The topological polar surface area (TPSA) is 99.8 Å². The molecule has 0 bridgehead atoms. The molecule has 2 amide bonds. The zero-order valence-corrected chi connectivity index (χ0v) is 20.2. The van der Waals surface area contributed by atoms with Crippen LogP contribution in [0.3, 0.4) is 0 Å². The van der Waals surface area contributed by atoms with E-state index >= 15 is 0 Å². The number of anilines is 1. The maximum absolute atomic E-state index is 12.2. The summed E-state index contributed by atoms with van der Waals surface area (Å²) < 4.78 is 0.928. The van der Waals surface area contributed by atoms with Crippen molar-refractivity contribution in [3.8, 4) is 0 Å². The second-order valence-corrected chi connectivity index (χ2v) is 7.77. The van der Waals surface area contributed by atoms with Gasteiger partial charge in [0.25, 0.3) is 0 Å². The zero-order chi connectivity index (χ0) is 19.8. The van der Waals surface area contributed by atoms with Crippen LogP contribution >= 0.6 is 39.9 Å². The highest BCUT2D eigenvalue weighted by atomic mass is 127. The Kier molecular flexibility index (Phi) is 10.8.